The maximum atomic E-state index is 13.7. The van der Waals surface area contributed by atoms with Crippen LogP contribution in [0.1, 0.15) is 18.4 Å². The smallest absolute Gasteiger partial charge is 0.245 e. The average molecular weight is 449 g/mol. The van der Waals surface area contributed by atoms with E-state index in [2.05, 4.69) is 14.1 Å². The summed E-state index contributed by atoms with van der Waals surface area (Å²) in [6.07, 6.45) is 1.59. The van der Waals surface area contributed by atoms with Crippen molar-refractivity contribution in [3.05, 3.63) is 53.8 Å². The van der Waals surface area contributed by atoms with Crippen molar-refractivity contribution < 1.29 is 17.6 Å². The van der Waals surface area contributed by atoms with Gasteiger partial charge in [-0.3, -0.25) is 4.79 Å². The quantitative estimate of drug-likeness (QED) is 0.626. The molecule has 1 atom stereocenters. The Kier molecular flexibility index (Phi) is 6.07. The first-order chi connectivity index (χ1) is 14.5. The number of halogens is 1. The van der Waals surface area contributed by atoms with Gasteiger partial charge in [-0.25, -0.2) is 12.8 Å². The number of amides is 1. The molecule has 1 saturated heterocycles. The van der Waals surface area contributed by atoms with Crippen molar-refractivity contribution in [1.82, 2.24) is 18.4 Å². The molecule has 158 valence electrons. The zero-order valence-corrected chi connectivity index (χ0v) is 17.8. The predicted octanol–water partition coefficient (Wildman–Crippen LogP) is 2.59. The monoisotopic (exact) mass is 448 g/mol. The number of rotatable bonds is 6. The fourth-order valence-electron chi connectivity index (χ4n) is 3.67. The second-order valence-corrected chi connectivity index (χ2v) is 9.66. The Balaban J connectivity index is 1.42. The molecule has 2 heterocycles. The van der Waals surface area contributed by atoms with Gasteiger partial charge in [-0.1, -0.05) is 24.3 Å². The van der Waals surface area contributed by atoms with E-state index in [9.17, 15) is 17.6 Å². The molecule has 0 aliphatic carbocycles. The van der Waals surface area contributed by atoms with E-state index >= 15 is 0 Å². The van der Waals surface area contributed by atoms with Crippen LogP contribution in [0.2, 0.25) is 0 Å². The Bertz CT molecular complexity index is 1170. The zero-order valence-electron chi connectivity index (χ0n) is 16.1. The van der Waals surface area contributed by atoms with E-state index in [-0.39, 0.29) is 23.2 Å². The van der Waals surface area contributed by atoms with Crippen LogP contribution in [0.5, 0.6) is 0 Å². The third-order valence-corrected chi connectivity index (χ3v) is 7.71. The average Bonchev–Trinajstić information content (AvgIpc) is 3.24. The fraction of sp³-hybridized carbons (Fsp3) is 0.350. The van der Waals surface area contributed by atoms with E-state index in [1.165, 1.54) is 16.4 Å². The first-order valence-corrected chi connectivity index (χ1v) is 11.9. The summed E-state index contributed by atoms with van der Waals surface area (Å²) < 4.78 is 49.7. The van der Waals surface area contributed by atoms with Gasteiger partial charge in [0.25, 0.3) is 0 Å². The number of benzene rings is 2. The molecule has 1 aromatic heterocycles. The molecule has 1 fully saturated rings. The lowest BCUT2D eigenvalue weighted by Gasteiger charge is -2.31. The number of carbonyl (C=O) groups is 1. The summed E-state index contributed by atoms with van der Waals surface area (Å²) in [5, 5.41) is 2.82. The molecule has 0 unspecified atom stereocenters. The van der Waals surface area contributed by atoms with Gasteiger partial charge in [0, 0.05) is 19.6 Å². The standard InChI is InChI=1S/C20H21FN4O3S2/c21-16-7-2-1-5-14(16)10-11-22-20(26)15-6-4-12-25(13-15)30(27,28)18-9-3-8-17-19(18)24-29-23-17/h1-3,5,7-9,15H,4,6,10-13H2,(H,22,26)/t15-/m1/s1. The van der Waals surface area contributed by atoms with Crippen LogP contribution in [-0.2, 0) is 21.2 Å². The van der Waals surface area contributed by atoms with Crippen LogP contribution in [0.4, 0.5) is 4.39 Å². The Morgan fingerprint density at radius 1 is 1.20 bits per heavy atom. The van der Waals surface area contributed by atoms with Crippen molar-refractivity contribution in [2.45, 2.75) is 24.2 Å². The number of hydrogen-bond acceptors (Lipinski definition) is 6. The number of sulfonamides is 1. The van der Waals surface area contributed by atoms with Crippen LogP contribution in [0.15, 0.2) is 47.4 Å². The van der Waals surface area contributed by atoms with Gasteiger partial charge in [0.1, 0.15) is 21.7 Å². The molecule has 3 aromatic rings. The maximum Gasteiger partial charge on any atom is 0.245 e. The maximum absolute atomic E-state index is 13.7. The molecule has 30 heavy (non-hydrogen) atoms. The Hall–Kier alpha value is -2.43. The highest BCUT2D eigenvalue weighted by Crippen LogP contribution is 2.28. The SMILES string of the molecule is O=C(NCCc1ccccc1F)[C@@H]1CCCN(S(=O)(=O)c2cccc3nsnc23)C1. The third kappa shape index (κ3) is 4.21. The molecule has 7 nitrogen and oxygen atoms in total. The van der Waals surface area contributed by atoms with Crippen LogP contribution in [0, 0.1) is 11.7 Å². The van der Waals surface area contributed by atoms with E-state index in [4.69, 9.17) is 0 Å². The van der Waals surface area contributed by atoms with Gasteiger partial charge in [0.15, 0.2) is 0 Å². The minimum atomic E-state index is -3.79. The normalized spacial score (nSPS) is 17.8. The Labute approximate surface area is 178 Å². The molecule has 0 bridgehead atoms. The summed E-state index contributed by atoms with van der Waals surface area (Å²) in [4.78, 5) is 12.7. The summed E-state index contributed by atoms with van der Waals surface area (Å²) in [5.74, 6) is -0.950. The van der Waals surface area contributed by atoms with Crippen molar-refractivity contribution >= 4 is 38.7 Å². The summed E-state index contributed by atoms with van der Waals surface area (Å²) in [5.41, 5.74) is 1.44. The third-order valence-electron chi connectivity index (χ3n) is 5.27. The van der Waals surface area contributed by atoms with Crippen LogP contribution in [0.3, 0.4) is 0 Å². The Morgan fingerprint density at radius 2 is 2.03 bits per heavy atom. The predicted molar refractivity (Wildman–Crippen MR) is 112 cm³/mol. The number of fused-ring (bicyclic) bond motifs is 1. The van der Waals surface area contributed by atoms with Gasteiger partial charge < -0.3 is 5.32 Å². The van der Waals surface area contributed by atoms with Crippen LogP contribution in [0.25, 0.3) is 11.0 Å². The molecule has 0 spiro atoms. The first kappa shape index (κ1) is 20.8. The van der Waals surface area contributed by atoms with Crippen molar-refractivity contribution in [1.29, 1.82) is 0 Å². The zero-order chi connectivity index (χ0) is 21.1. The first-order valence-electron chi connectivity index (χ1n) is 9.69. The fourth-order valence-corrected chi connectivity index (χ4v) is 5.95. The highest BCUT2D eigenvalue weighted by Gasteiger charge is 2.34. The highest BCUT2D eigenvalue weighted by molar-refractivity contribution is 7.89. The molecule has 0 saturated carbocycles. The molecular weight excluding hydrogens is 427 g/mol. The summed E-state index contributed by atoms with van der Waals surface area (Å²) in [6.45, 7) is 0.768. The van der Waals surface area contributed by atoms with E-state index in [1.807, 2.05) is 0 Å². The topological polar surface area (TPSA) is 92.3 Å². The van der Waals surface area contributed by atoms with Crippen LogP contribution >= 0.6 is 11.7 Å². The number of nitrogens with one attached hydrogen (secondary N) is 1. The van der Waals surface area contributed by atoms with E-state index in [0.29, 0.717) is 48.9 Å². The largest absolute Gasteiger partial charge is 0.355 e. The van der Waals surface area contributed by atoms with E-state index < -0.39 is 15.9 Å². The number of nitrogens with zero attached hydrogens (tertiary/aromatic N) is 3. The second-order valence-electron chi connectivity index (χ2n) is 7.22. The van der Waals surface area contributed by atoms with Gasteiger partial charge in [-0.2, -0.15) is 13.1 Å². The molecule has 1 amide bonds. The molecule has 10 heteroatoms. The lowest BCUT2D eigenvalue weighted by atomic mass is 9.99. The summed E-state index contributed by atoms with van der Waals surface area (Å²) in [7, 11) is -3.79. The van der Waals surface area contributed by atoms with Crippen molar-refractivity contribution in [2.24, 2.45) is 5.92 Å². The van der Waals surface area contributed by atoms with E-state index in [0.717, 1.165) is 11.7 Å². The number of hydrogen-bond donors (Lipinski definition) is 1. The second kappa shape index (κ2) is 8.75. The van der Waals surface area contributed by atoms with Gasteiger partial charge in [-0.15, -0.1) is 0 Å². The van der Waals surface area contributed by atoms with Crippen LogP contribution in [-0.4, -0.2) is 47.0 Å². The molecule has 4 rings (SSSR count). The number of piperidine rings is 1. The molecule has 1 aliphatic heterocycles. The van der Waals surface area contributed by atoms with Gasteiger partial charge in [0.05, 0.1) is 17.6 Å². The minimum absolute atomic E-state index is 0.113. The Morgan fingerprint density at radius 3 is 2.87 bits per heavy atom. The number of aromatic nitrogens is 2. The number of carbonyl (C=O) groups excluding carboxylic acids is 1. The molecule has 2 aromatic carbocycles. The lowest BCUT2D eigenvalue weighted by Crippen LogP contribution is -2.45. The summed E-state index contributed by atoms with van der Waals surface area (Å²) in [6, 6.07) is 11.3. The van der Waals surface area contributed by atoms with E-state index in [1.54, 1.807) is 30.3 Å². The highest BCUT2D eigenvalue weighted by atomic mass is 32.2. The molecule has 1 aliphatic rings. The molecule has 1 N–H and O–H groups in total. The van der Waals surface area contributed by atoms with Crippen molar-refractivity contribution in [3.63, 3.8) is 0 Å². The summed E-state index contributed by atoms with van der Waals surface area (Å²) >= 11 is 0.970. The van der Waals surface area contributed by atoms with Crippen LogP contribution < -0.4 is 5.32 Å². The molecule has 0 radical (unpaired) electrons. The van der Waals surface area contributed by atoms with Gasteiger partial charge in [-0.05, 0) is 43.0 Å². The van der Waals surface area contributed by atoms with Gasteiger partial charge in [0.2, 0.25) is 15.9 Å². The van der Waals surface area contributed by atoms with Gasteiger partial charge >= 0.3 is 0 Å². The van der Waals surface area contributed by atoms with Crippen molar-refractivity contribution in [2.75, 3.05) is 19.6 Å². The minimum Gasteiger partial charge on any atom is -0.355 e. The van der Waals surface area contributed by atoms with Crippen molar-refractivity contribution in [3.8, 4) is 0 Å². The molecular formula is C20H21FN4O3S2. The lowest BCUT2D eigenvalue weighted by molar-refractivity contribution is -0.126.